The van der Waals surface area contributed by atoms with E-state index in [4.69, 9.17) is 4.42 Å². The number of hydrogen-bond donors (Lipinski definition) is 2. The van der Waals surface area contributed by atoms with Crippen LogP contribution >= 0.6 is 11.3 Å². The molecule has 0 aliphatic rings. The summed E-state index contributed by atoms with van der Waals surface area (Å²) in [6, 6.07) is 10.9. The third-order valence-corrected chi connectivity index (χ3v) is 4.06. The van der Waals surface area contributed by atoms with Gasteiger partial charge in [0.25, 0.3) is 5.91 Å². The van der Waals surface area contributed by atoms with Crippen LogP contribution in [0.15, 0.2) is 52.6 Å². The summed E-state index contributed by atoms with van der Waals surface area (Å²) >= 11 is 1.47. The van der Waals surface area contributed by atoms with E-state index >= 15 is 0 Å². The lowest BCUT2D eigenvalue weighted by molar-refractivity contribution is 0.102. The Hall–Kier alpha value is -2.44. The Balaban J connectivity index is 1.89. The normalized spacial score (nSPS) is 12.1. The summed E-state index contributed by atoms with van der Waals surface area (Å²) in [5.74, 6) is 0.0762. The maximum absolute atomic E-state index is 12.5. The van der Waals surface area contributed by atoms with Crippen molar-refractivity contribution in [3.05, 3.63) is 59.4 Å². The fraction of sp³-hybridized carbons (Fsp3) is 0.125. The molecule has 0 radical (unpaired) electrons. The molecular weight excluding hydrogens is 300 g/mol. The van der Waals surface area contributed by atoms with Crippen molar-refractivity contribution in [2.45, 2.75) is 13.0 Å². The fourth-order valence-corrected chi connectivity index (χ4v) is 2.86. The molecule has 112 valence electrons. The number of aliphatic hydroxyl groups excluding tert-OH is 1. The van der Waals surface area contributed by atoms with E-state index in [-0.39, 0.29) is 11.6 Å². The second-order valence-electron chi connectivity index (χ2n) is 4.72. The topological polar surface area (TPSA) is 75.4 Å². The van der Waals surface area contributed by atoms with Gasteiger partial charge in [-0.25, -0.2) is 4.98 Å². The lowest BCUT2D eigenvalue weighted by Crippen LogP contribution is -2.15. The molecule has 22 heavy (non-hydrogen) atoms. The third kappa shape index (κ3) is 2.79. The van der Waals surface area contributed by atoms with E-state index in [0.717, 1.165) is 4.88 Å². The molecule has 1 atom stereocenters. The first-order chi connectivity index (χ1) is 10.7. The van der Waals surface area contributed by atoms with Crippen LogP contribution in [-0.2, 0) is 0 Å². The summed E-state index contributed by atoms with van der Waals surface area (Å²) in [4.78, 5) is 17.3. The summed E-state index contributed by atoms with van der Waals surface area (Å²) in [6.07, 6.45) is 0.579. The van der Waals surface area contributed by atoms with E-state index in [1.54, 1.807) is 25.1 Å². The second kappa shape index (κ2) is 6.13. The number of benzene rings is 1. The van der Waals surface area contributed by atoms with Crippen LogP contribution in [0, 0.1) is 0 Å². The summed E-state index contributed by atoms with van der Waals surface area (Å²) < 4.78 is 5.33. The number of hydrogen-bond acceptors (Lipinski definition) is 5. The van der Waals surface area contributed by atoms with Crippen LogP contribution in [0.3, 0.4) is 0 Å². The molecule has 0 aliphatic carbocycles. The van der Waals surface area contributed by atoms with Gasteiger partial charge in [-0.05, 0) is 24.4 Å². The van der Waals surface area contributed by atoms with Gasteiger partial charge in [0.2, 0.25) is 0 Å². The highest BCUT2D eigenvalue weighted by Gasteiger charge is 2.20. The number of aliphatic hydroxyl groups is 1. The van der Waals surface area contributed by atoms with Crippen molar-refractivity contribution in [3.63, 3.8) is 0 Å². The van der Waals surface area contributed by atoms with Gasteiger partial charge in [0, 0.05) is 11.3 Å². The van der Waals surface area contributed by atoms with E-state index in [0.29, 0.717) is 17.0 Å². The minimum Gasteiger partial charge on any atom is -0.442 e. The van der Waals surface area contributed by atoms with Crippen molar-refractivity contribution in [2.24, 2.45) is 0 Å². The zero-order valence-electron chi connectivity index (χ0n) is 11.8. The molecule has 2 aromatic heterocycles. The second-order valence-corrected chi connectivity index (χ2v) is 5.67. The highest BCUT2D eigenvalue weighted by atomic mass is 32.1. The highest BCUT2D eigenvalue weighted by Crippen LogP contribution is 2.29. The van der Waals surface area contributed by atoms with Crippen LogP contribution in [0.2, 0.25) is 0 Å². The zero-order chi connectivity index (χ0) is 15.5. The number of nitrogens with zero attached hydrogens (tertiary/aromatic N) is 1. The summed E-state index contributed by atoms with van der Waals surface area (Å²) in [5.41, 5.74) is 1.43. The van der Waals surface area contributed by atoms with Crippen molar-refractivity contribution >= 4 is 22.9 Å². The average molecular weight is 314 g/mol. The Kier molecular flexibility index (Phi) is 4.04. The number of rotatable bonds is 4. The molecule has 0 saturated heterocycles. The number of thiophene rings is 1. The van der Waals surface area contributed by atoms with Gasteiger partial charge in [0.05, 0.1) is 11.0 Å². The van der Waals surface area contributed by atoms with Gasteiger partial charge in [0.1, 0.15) is 0 Å². The summed E-state index contributed by atoms with van der Waals surface area (Å²) in [6.45, 7) is 1.65. The number of oxazole rings is 1. The van der Waals surface area contributed by atoms with Crippen molar-refractivity contribution in [3.8, 4) is 10.6 Å². The van der Waals surface area contributed by atoms with Gasteiger partial charge < -0.3 is 14.8 Å². The molecular formula is C16H14N2O3S. The average Bonchev–Trinajstić information content (AvgIpc) is 3.18. The van der Waals surface area contributed by atoms with Crippen LogP contribution in [0.5, 0.6) is 0 Å². The van der Waals surface area contributed by atoms with Crippen molar-refractivity contribution in [2.75, 3.05) is 5.32 Å². The Morgan fingerprint density at radius 3 is 2.86 bits per heavy atom. The van der Waals surface area contributed by atoms with Crippen LogP contribution in [0.25, 0.3) is 10.6 Å². The monoisotopic (exact) mass is 314 g/mol. The Labute approximate surface area is 131 Å². The molecule has 3 aromatic rings. The lowest BCUT2D eigenvalue weighted by Gasteiger charge is -2.12. The zero-order valence-corrected chi connectivity index (χ0v) is 12.6. The van der Waals surface area contributed by atoms with E-state index in [2.05, 4.69) is 10.3 Å². The Bertz CT molecular complexity index is 778. The molecule has 3 rings (SSSR count). The van der Waals surface area contributed by atoms with Crippen molar-refractivity contribution in [1.82, 2.24) is 4.98 Å². The number of carbonyl (C=O) groups excluding carboxylic acids is 1. The van der Waals surface area contributed by atoms with Gasteiger partial charge in [-0.15, -0.1) is 11.3 Å². The minimum absolute atomic E-state index is 0.225. The first-order valence-electron chi connectivity index (χ1n) is 6.72. The molecule has 0 saturated carbocycles. The molecule has 5 nitrogen and oxygen atoms in total. The molecule has 0 bridgehead atoms. The van der Waals surface area contributed by atoms with E-state index in [1.165, 1.54) is 17.7 Å². The Morgan fingerprint density at radius 2 is 2.14 bits per heavy atom. The molecule has 0 fully saturated rings. The molecule has 0 spiro atoms. The number of aromatic nitrogens is 1. The number of para-hydroxylation sites is 1. The lowest BCUT2D eigenvalue weighted by atomic mass is 10.1. The van der Waals surface area contributed by atoms with Crippen molar-refractivity contribution in [1.29, 1.82) is 0 Å². The minimum atomic E-state index is -0.675. The van der Waals surface area contributed by atoms with Gasteiger partial charge in [-0.1, -0.05) is 24.3 Å². The molecule has 1 unspecified atom stereocenters. The van der Waals surface area contributed by atoms with E-state index < -0.39 is 6.10 Å². The largest absolute Gasteiger partial charge is 0.442 e. The van der Waals surface area contributed by atoms with Crippen LogP contribution < -0.4 is 5.32 Å². The first kappa shape index (κ1) is 14.5. The number of amides is 1. The van der Waals surface area contributed by atoms with Gasteiger partial charge >= 0.3 is 0 Å². The van der Waals surface area contributed by atoms with Gasteiger partial charge in [0.15, 0.2) is 17.8 Å². The van der Waals surface area contributed by atoms with Gasteiger partial charge in [-0.3, -0.25) is 4.79 Å². The van der Waals surface area contributed by atoms with Gasteiger partial charge in [-0.2, -0.15) is 0 Å². The standard InChI is InChI=1S/C16H14N2O3S/c1-10(19)11-5-2-3-6-12(11)18-16(20)14-15(21-9-17-14)13-7-4-8-22-13/h2-10,19H,1H3,(H,18,20). The fourth-order valence-electron chi connectivity index (χ4n) is 2.15. The summed E-state index contributed by atoms with van der Waals surface area (Å²) in [7, 11) is 0. The maximum atomic E-state index is 12.5. The predicted molar refractivity (Wildman–Crippen MR) is 84.8 cm³/mol. The quantitative estimate of drug-likeness (QED) is 0.770. The first-order valence-corrected chi connectivity index (χ1v) is 7.60. The van der Waals surface area contributed by atoms with E-state index in [9.17, 15) is 9.90 Å². The maximum Gasteiger partial charge on any atom is 0.278 e. The number of nitrogens with one attached hydrogen (secondary N) is 1. The molecule has 2 heterocycles. The molecule has 6 heteroatoms. The smallest absolute Gasteiger partial charge is 0.278 e. The van der Waals surface area contributed by atoms with Crippen LogP contribution in [0.4, 0.5) is 5.69 Å². The van der Waals surface area contributed by atoms with Crippen LogP contribution in [0.1, 0.15) is 29.1 Å². The van der Waals surface area contributed by atoms with Crippen molar-refractivity contribution < 1.29 is 14.3 Å². The summed E-state index contributed by atoms with van der Waals surface area (Å²) in [5, 5.41) is 14.5. The Morgan fingerprint density at radius 1 is 1.32 bits per heavy atom. The molecule has 0 aliphatic heterocycles. The SMILES string of the molecule is CC(O)c1ccccc1NC(=O)c1ncoc1-c1cccs1. The number of carbonyl (C=O) groups is 1. The molecule has 1 aromatic carbocycles. The molecule has 1 amide bonds. The van der Waals surface area contributed by atoms with E-state index in [1.807, 2.05) is 23.6 Å². The predicted octanol–water partition coefficient (Wildman–Crippen LogP) is 3.71. The highest BCUT2D eigenvalue weighted by molar-refractivity contribution is 7.13. The van der Waals surface area contributed by atoms with Crippen LogP contribution in [-0.4, -0.2) is 16.0 Å². The molecule has 2 N–H and O–H groups in total. The third-order valence-electron chi connectivity index (χ3n) is 3.19. The number of anilines is 1.